The van der Waals surface area contributed by atoms with Gasteiger partial charge in [0.25, 0.3) is 0 Å². The lowest BCUT2D eigenvalue weighted by Crippen LogP contribution is -2.33. The van der Waals surface area contributed by atoms with Crippen LogP contribution < -0.4 is 4.90 Å². The van der Waals surface area contributed by atoms with Crippen molar-refractivity contribution in [2.45, 2.75) is 46.2 Å². The van der Waals surface area contributed by atoms with Gasteiger partial charge in [-0.3, -0.25) is 0 Å². The first-order valence-electron chi connectivity index (χ1n) is 11.8. The van der Waals surface area contributed by atoms with Crippen molar-refractivity contribution < 1.29 is 9.53 Å². The van der Waals surface area contributed by atoms with E-state index in [1.807, 2.05) is 37.3 Å². The van der Waals surface area contributed by atoms with Gasteiger partial charge in [-0.2, -0.15) is 0 Å². The Hall–Kier alpha value is -3.67. The number of ether oxygens (including phenoxy) is 1. The molecule has 174 valence electrons. The minimum absolute atomic E-state index is 0.239. The zero-order valence-electron chi connectivity index (χ0n) is 20.2. The first kappa shape index (κ1) is 22.1. The Labute approximate surface area is 200 Å². The normalized spacial score (nSPS) is 13.8. The van der Waals surface area contributed by atoms with Crippen LogP contribution in [-0.2, 0) is 28.9 Å². The van der Waals surface area contributed by atoms with Crippen LogP contribution in [0, 0.1) is 13.8 Å². The molecule has 1 aliphatic heterocycles. The zero-order valence-corrected chi connectivity index (χ0v) is 20.2. The molecule has 0 saturated carbocycles. The van der Waals surface area contributed by atoms with E-state index >= 15 is 0 Å². The maximum atomic E-state index is 12.8. The number of carbonyl (C=O) groups excluding carboxylic acids is 1. The molecule has 34 heavy (non-hydrogen) atoms. The summed E-state index contributed by atoms with van der Waals surface area (Å²) in [5.41, 5.74) is 8.61. The van der Waals surface area contributed by atoms with Crippen molar-refractivity contribution in [1.82, 2.24) is 14.5 Å². The molecule has 1 aliphatic rings. The minimum atomic E-state index is -0.447. The lowest BCUT2D eigenvalue weighted by Gasteiger charge is -2.28. The van der Waals surface area contributed by atoms with E-state index in [1.54, 1.807) is 0 Å². The summed E-state index contributed by atoms with van der Waals surface area (Å²) >= 11 is 0. The van der Waals surface area contributed by atoms with Crippen molar-refractivity contribution in [2.24, 2.45) is 0 Å². The van der Waals surface area contributed by atoms with E-state index < -0.39 is 6.04 Å². The number of rotatable bonds is 6. The fraction of sp³-hybridized carbons (Fsp3) is 0.321. The van der Waals surface area contributed by atoms with E-state index in [-0.39, 0.29) is 5.97 Å². The Balaban J connectivity index is 1.49. The largest absolute Gasteiger partial charge is 0.467 e. The van der Waals surface area contributed by atoms with Gasteiger partial charge in [0.15, 0.2) is 11.7 Å². The Morgan fingerprint density at radius 2 is 1.88 bits per heavy atom. The first-order valence-corrected chi connectivity index (χ1v) is 11.8. The highest BCUT2D eigenvalue weighted by Crippen LogP contribution is 2.36. The van der Waals surface area contributed by atoms with E-state index in [1.165, 1.54) is 18.2 Å². The third-order valence-corrected chi connectivity index (χ3v) is 6.68. The SMILES string of the molecule is CCc1nc2c(C)cc(C)nc2n1Cc1ccc2c(c1)CCN2[C@H](C(=O)OC)c1ccccc1. The number of anilines is 1. The summed E-state index contributed by atoms with van der Waals surface area (Å²) in [7, 11) is 1.45. The number of methoxy groups -OCH3 is 1. The predicted molar refractivity (Wildman–Crippen MR) is 134 cm³/mol. The second-order valence-electron chi connectivity index (χ2n) is 8.96. The molecule has 0 radical (unpaired) electrons. The van der Waals surface area contributed by atoms with Gasteiger partial charge >= 0.3 is 5.97 Å². The molecule has 2 aromatic carbocycles. The summed E-state index contributed by atoms with van der Waals surface area (Å²) in [6.07, 6.45) is 1.75. The molecule has 0 saturated heterocycles. The standard InChI is InChI=1S/C28H30N4O2/c1-5-24-30-25-18(2)15-19(3)29-27(25)32(24)17-20-11-12-23-22(16-20)13-14-31(23)26(28(33)34-4)21-9-7-6-8-10-21/h6-12,15-16,26H,5,13-14,17H2,1-4H3/t26-/m0/s1. The average molecular weight is 455 g/mol. The van der Waals surface area contributed by atoms with Gasteiger partial charge in [-0.25, -0.2) is 14.8 Å². The molecule has 2 aromatic heterocycles. The number of esters is 1. The number of aryl methyl sites for hydroxylation is 3. The van der Waals surface area contributed by atoms with E-state index in [2.05, 4.69) is 47.6 Å². The molecule has 0 amide bonds. The summed E-state index contributed by atoms with van der Waals surface area (Å²) in [5.74, 6) is 0.811. The van der Waals surface area contributed by atoms with Crippen LogP contribution in [0.4, 0.5) is 5.69 Å². The average Bonchev–Trinajstić information content (AvgIpc) is 3.41. The molecule has 3 heterocycles. The molecule has 0 unspecified atom stereocenters. The van der Waals surface area contributed by atoms with Crippen LogP contribution >= 0.6 is 0 Å². The topological polar surface area (TPSA) is 60.2 Å². The third-order valence-electron chi connectivity index (χ3n) is 6.68. The molecule has 6 nitrogen and oxygen atoms in total. The van der Waals surface area contributed by atoms with Gasteiger partial charge in [0.1, 0.15) is 11.3 Å². The van der Waals surface area contributed by atoms with Gasteiger partial charge in [0.2, 0.25) is 0 Å². The zero-order chi connectivity index (χ0) is 23.8. The third kappa shape index (κ3) is 3.83. The Bertz CT molecular complexity index is 1360. The first-order chi connectivity index (χ1) is 16.5. The van der Waals surface area contributed by atoms with Gasteiger partial charge in [-0.1, -0.05) is 49.4 Å². The van der Waals surface area contributed by atoms with E-state index in [0.717, 1.165) is 65.4 Å². The molecule has 0 bridgehead atoms. The van der Waals surface area contributed by atoms with Gasteiger partial charge in [-0.05, 0) is 54.7 Å². The molecule has 4 aromatic rings. The summed E-state index contributed by atoms with van der Waals surface area (Å²) in [5, 5.41) is 0. The summed E-state index contributed by atoms with van der Waals surface area (Å²) in [6, 6.07) is 18.1. The molecular formula is C28H30N4O2. The second kappa shape index (κ2) is 8.93. The van der Waals surface area contributed by atoms with Crippen LogP contribution in [0.2, 0.25) is 0 Å². The molecule has 0 spiro atoms. The lowest BCUT2D eigenvalue weighted by atomic mass is 10.0. The van der Waals surface area contributed by atoms with Gasteiger partial charge in [0, 0.05) is 24.3 Å². The predicted octanol–water partition coefficient (Wildman–Crippen LogP) is 4.94. The Kier molecular flexibility index (Phi) is 5.82. The van der Waals surface area contributed by atoms with Crippen molar-refractivity contribution in [3.8, 4) is 0 Å². The number of fused-ring (bicyclic) bond motifs is 2. The van der Waals surface area contributed by atoms with Crippen molar-refractivity contribution in [2.75, 3.05) is 18.6 Å². The Morgan fingerprint density at radius 3 is 2.62 bits per heavy atom. The van der Waals surface area contributed by atoms with E-state index in [0.29, 0.717) is 0 Å². The number of nitrogens with zero attached hydrogens (tertiary/aromatic N) is 4. The van der Waals surface area contributed by atoms with Crippen LogP contribution in [-0.4, -0.2) is 34.2 Å². The van der Waals surface area contributed by atoms with Crippen LogP contribution in [0.25, 0.3) is 11.2 Å². The number of hydrogen-bond acceptors (Lipinski definition) is 5. The molecule has 0 fully saturated rings. The fourth-order valence-corrected chi connectivity index (χ4v) is 5.10. The highest BCUT2D eigenvalue weighted by atomic mass is 16.5. The number of aromatic nitrogens is 3. The van der Waals surface area contributed by atoms with Crippen molar-refractivity contribution in [1.29, 1.82) is 0 Å². The summed E-state index contributed by atoms with van der Waals surface area (Å²) in [6.45, 7) is 7.77. The molecule has 6 heteroatoms. The highest BCUT2D eigenvalue weighted by molar-refractivity contribution is 5.83. The van der Waals surface area contributed by atoms with Crippen molar-refractivity contribution in [3.05, 3.63) is 88.4 Å². The number of imidazole rings is 1. The smallest absolute Gasteiger partial charge is 0.333 e. The molecule has 5 rings (SSSR count). The Morgan fingerprint density at radius 1 is 1.09 bits per heavy atom. The summed E-state index contributed by atoms with van der Waals surface area (Å²) in [4.78, 5) is 24.6. The fourth-order valence-electron chi connectivity index (χ4n) is 5.10. The van der Waals surface area contributed by atoms with Crippen molar-refractivity contribution in [3.63, 3.8) is 0 Å². The molecular weight excluding hydrogens is 424 g/mol. The van der Waals surface area contributed by atoms with Crippen molar-refractivity contribution >= 4 is 22.8 Å². The monoisotopic (exact) mass is 454 g/mol. The highest BCUT2D eigenvalue weighted by Gasteiger charge is 2.33. The van der Waals surface area contributed by atoms with Crippen LogP contribution in [0.3, 0.4) is 0 Å². The molecule has 0 aliphatic carbocycles. The van der Waals surface area contributed by atoms with E-state index in [9.17, 15) is 4.79 Å². The van der Waals surface area contributed by atoms with Crippen LogP contribution in [0.1, 0.15) is 46.7 Å². The second-order valence-corrected chi connectivity index (χ2v) is 8.96. The number of benzene rings is 2. The summed E-state index contributed by atoms with van der Waals surface area (Å²) < 4.78 is 7.42. The minimum Gasteiger partial charge on any atom is -0.467 e. The lowest BCUT2D eigenvalue weighted by molar-refractivity contribution is -0.142. The molecule has 1 atom stereocenters. The van der Waals surface area contributed by atoms with Gasteiger partial charge < -0.3 is 14.2 Å². The van der Waals surface area contributed by atoms with E-state index in [4.69, 9.17) is 14.7 Å². The number of carbonyl (C=O) groups is 1. The maximum Gasteiger partial charge on any atom is 0.333 e. The molecule has 0 N–H and O–H groups in total. The van der Waals surface area contributed by atoms with Crippen LogP contribution in [0.5, 0.6) is 0 Å². The van der Waals surface area contributed by atoms with Crippen LogP contribution in [0.15, 0.2) is 54.6 Å². The van der Waals surface area contributed by atoms with Gasteiger partial charge in [0.05, 0.1) is 13.7 Å². The maximum absolute atomic E-state index is 12.8. The number of hydrogen-bond donors (Lipinski definition) is 0. The number of pyridine rings is 1. The quantitative estimate of drug-likeness (QED) is 0.387. The van der Waals surface area contributed by atoms with Gasteiger partial charge in [-0.15, -0.1) is 0 Å².